The Bertz CT molecular complexity index is 348. The molecule has 2 N–H and O–H groups in total. The fourth-order valence-corrected chi connectivity index (χ4v) is 1.98. The van der Waals surface area contributed by atoms with Crippen molar-refractivity contribution in [3.05, 3.63) is 11.3 Å². The molecule has 0 saturated heterocycles. The van der Waals surface area contributed by atoms with Crippen molar-refractivity contribution in [1.29, 1.82) is 0 Å². The molecule has 0 radical (unpaired) electrons. The van der Waals surface area contributed by atoms with Gasteiger partial charge in [-0.2, -0.15) is 0 Å². The maximum Gasteiger partial charge on any atom is 0.337 e. The maximum absolute atomic E-state index is 11.8. The Morgan fingerprint density at radius 3 is 2.88 bits per heavy atom. The van der Waals surface area contributed by atoms with Crippen LogP contribution in [0.2, 0.25) is 0 Å². The second-order valence-electron chi connectivity index (χ2n) is 4.31. The molecular formula is C11H16N2O2S. The number of esters is 1. The van der Waals surface area contributed by atoms with Gasteiger partial charge in [-0.1, -0.05) is 6.42 Å². The van der Waals surface area contributed by atoms with Crippen molar-refractivity contribution in [2.75, 3.05) is 13.2 Å². The summed E-state index contributed by atoms with van der Waals surface area (Å²) in [5.41, 5.74) is 1.44. The third kappa shape index (κ3) is 2.52. The zero-order chi connectivity index (χ0) is 11.5. The lowest BCUT2D eigenvalue weighted by molar-refractivity contribution is -0.141. The second kappa shape index (κ2) is 4.82. The minimum Gasteiger partial charge on any atom is -0.462 e. The van der Waals surface area contributed by atoms with Gasteiger partial charge in [0.25, 0.3) is 0 Å². The number of carbonyl (C=O) groups is 1. The first-order valence-corrected chi connectivity index (χ1v) is 5.99. The molecule has 88 valence electrons. The normalized spacial score (nSPS) is 20.9. The van der Waals surface area contributed by atoms with E-state index in [2.05, 4.69) is 10.6 Å². The quantitative estimate of drug-likeness (QED) is 0.571. The van der Waals surface area contributed by atoms with Crippen molar-refractivity contribution in [1.82, 2.24) is 10.6 Å². The summed E-state index contributed by atoms with van der Waals surface area (Å²) in [5, 5.41) is 6.41. The summed E-state index contributed by atoms with van der Waals surface area (Å²) in [4.78, 5) is 11.8. The number of thiocarbonyl (C=S) groups is 1. The van der Waals surface area contributed by atoms with E-state index in [1.54, 1.807) is 0 Å². The molecule has 0 bridgehead atoms. The minimum absolute atomic E-state index is 0.230. The lowest BCUT2D eigenvalue weighted by Crippen LogP contribution is -2.43. The summed E-state index contributed by atoms with van der Waals surface area (Å²) in [6, 6.07) is 0. The largest absolute Gasteiger partial charge is 0.462 e. The average molecular weight is 240 g/mol. The van der Waals surface area contributed by atoms with Crippen molar-refractivity contribution in [3.63, 3.8) is 0 Å². The lowest BCUT2D eigenvalue weighted by Gasteiger charge is -2.26. The van der Waals surface area contributed by atoms with Gasteiger partial charge >= 0.3 is 5.97 Å². The Morgan fingerprint density at radius 1 is 1.56 bits per heavy atom. The van der Waals surface area contributed by atoms with Gasteiger partial charge in [-0.3, -0.25) is 0 Å². The minimum atomic E-state index is -0.230. The molecule has 0 spiro atoms. The summed E-state index contributed by atoms with van der Waals surface area (Å²) in [7, 11) is 0. The molecule has 1 aliphatic carbocycles. The topological polar surface area (TPSA) is 50.4 Å². The van der Waals surface area contributed by atoms with Gasteiger partial charge in [0.1, 0.15) is 0 Å². The summed E-state index contributed by atoms with van der Waals surface area (Å²) >= 11 is 4.95. The van der Waals surface area contributed by atoms with Crippen LogP contribution >= 0.6 is 12.2 Å². The predicted octanol–water partition coefficient (Wildman–Crippen LogP) is 1.08. The highest BCUT2D eigenvalue weighted by molar-refractivity contribution is 7.80. The molecule has 2 rings (SSSR count). The van der Waals surface area contributed by atoms with E-state index in [9.17, 15) is 4.79 Å². The molecule has 2 aliphatic rings. The van der Waals surface area contributed by atoms with Crippen LogP contribution in [0.1, 0.15) is 26.2 Å². The number of hydrogen-bond donors (Lipinski definition) is 2. The monoisotopic (exact) mass is 240 g/mol. The van der Waals surface area contributed by atoms with E-state index in [1.807, 2.05) is 6.92 Å². The SMILES string of the molecule is CC1=C(C(=O)OCC2CCC2)CNC(=S)N1. The van der Waals surface area contributed by atoms with E-state index >= 15 is 0 Å². The standard InChI is InChI=1S/C11H16N2O2S/c1-7-9(5-12-11(16)13-7)10(14)15-6-8-3-2-4-8/h8H,2-6H2,1H3,(H2,12,13,16). The van der Waals surface area contributed by atoms with Crippen LogP contribution in [0.5, 0.6) is 0 Å². The van der Waals surface area contributed by atoms with E-state index in [4.69, 9.17) is 17.0 Å². The van der Waals surface area contributed by atoms with Crippen LogP contribution < -0.4 is 10.6 Å². The Kier molecular flexibility index (Phi) is 3.43. The number of nitrogens with one attached hydrogen (secondary N) is 2. The van der Waals surface area contributed by atoms with E-state index in [-0.39, 0.29) is 5.97 Å². The molecule has 0 aromatic carbocycles. The highest BCUT2D eigenvalue weighted by Crippen LogP contribution is 2.26. The molecule has 1 fully saturated rings. The van der Waals surface area contributed by atoms with Crippen LogP contribution in [0, 0.1) is 5.92 Å². The molecule has 1 heterocycles. The first-order chi connectivity index (χ1) is 7.66. The van der Waals surface area contributed by atoms with Crippen molar-refractivity contribution >= 4 is 23.3 Å². The van der Waals surface area contributed by atoms with Gasteiger partial charge in [-0.05, 0) is 37.9 Å². The maximum atomic E-state index is 11.8. The first kappa shape index (κ1) is 11.4. The van der Waals surface area contributed by atoms with Crippen LogP contribution in [0.15, 0.2) is 11.3 Å². The fourth-order valence-electron chi connectivity index (χ4n) is 1.76. The van der Waals surface area contributed by atoms with Crippen molar-refractivity contribution in [2.45, 2.75) is 26.2 Å². The van der Waals surface area contributed by atoms with Crippen molar-refractivity contribution in [3.8, 4) is 0 Å². The lowest BCUT2D eigenvalue weighted by atomic mass is 9.86. The molecule has 16 heavy (non-hydrogen) atoms. The number of allylic oxidation sites excluding steroid dienone is 1. The highest BCUT2D eigenvalue weighted by atomic mass is 32.1. The van der Waals surface area contributed by atoms with Gasteiger partial charge in [0.05, 0.1) is 18.7 Å². The van der Waals surface area contributed by atoms with E-state index < -0.39 is 0 Å². The fraction of sp³-hybridized carbons (Fsp3) is 0.636. The molecule has 1 aliphatic heterocycles. The Hall–Kier alpha value is -1.10. The molecule has 0 atom stereocenters. The van der Waals surface area contributed by atoms with Crippen LogP contribution in [0.25, 0.3) is 0 Å². The molecule has 4 nitrogen and oxygen atoms in total. The number of carbonyl (C=O) groups excluding carboxylic acids is 1. The smallest absolute Gasteiger partial charge is 0.337 e. The number of rotatable bonds is 3. The third-order valence-corrected chi connectivity index (χ3v) is 3.35. The molecule has 5 heteroatoms. The first-order valence-electron chi connectivity index (χ1n) is 5.58. The van der Waals surface area contributed by atoms with Crippen LogP contribution in [-0.2, 0) is 9.53 Å². The molecule has 0 unspecified atom stereocenters. The van der Waals surface area contributed by atoms with Gasteiger partial charge in [0.2, 0.25) is 0 Å². The third-order valence-electron chi connectivity index (χ3n) is 3.10. The Labute approximate surface area is 100 Å². The zero-order valence-electron chi connectivity index (χ0n) is 9.34. The van der Waals surface area contributed by atoms with Crippen LogP contribution in [-0.4, -0.2) is 24.2 Å². The Balaban J connectivity index is 1.87. The average Bonchev–Trinajstić information content (AvgIpc) is 2.14. The van der Waals surface area contributed by atoms with E-state index in [0.29, 0.717) is 29.8 Å². The van der Waals surface area contributed by atoms with E-state index in [1.165, 1.54) is 19.3 Å². The van der Waals surface area contributed by atoms with Gasteiger partial charge in [0.15, 0.2) is 5.11 Å². The summed E-state index contributed by atoms with van der Waals surface area (Å²) in [6.45, 7) is 2.86. The molecule has 0 amide bonds. The highest BCUT2D eigenvalue weighted by Gasteiger charge is 2.23. The molecule has 1 saturated carbocycles. The van der Waals surface area contributed by atoms with Crippen LogP contribution in [0.3, 0.4) is 0 Å². The van der Waals surface area contributed by atoms with E-state index in [0.717, 1.165) is 5.70 Å². The molecular weight excluding hydrogens is 224 g/mol. The van der Waals surface area contributed by atoms with Crippen LogP contribution in [0.4, 0.5) is 0 Å². The van der Waals surface area contributed by atoms with Gasteiger partial charge in [0, 0.05) is 5.70 Å². The zero-order valence-corrected chi connectivity index (χ0v) is 10.2. The molecule has 0 aromatic rings. The number of hydrogen-bond acceptors (Lipinski definition) is 3. The van der Waals surface area contributed by atoms with Crippen molar-refractivity contribution < 1.29 is 9.53 Å². The van der Waals surface area contributed by atoms with Crippen molar-refractivity contribution in [2.24, 2.45) is 5.92 Å². The van der Waals surface area contributed by atoms with Gasteiger partial charge < -0.3 is 15.4 Å². The molecule has 0 aromatic heterocycles. The predicted molar refractivity (Wildman–Crippen MR) is 64.7 cm³/mol. The summed E-state index contributed by atoms with van der Waals surface area (Å²) in [6.07, 6.45) is 3.64. The second-order valence-corrected chi connectivity index (χ2v) is 4.71. The van der Waals surface area contributed by atoms with Gasteiger partial charge in [-0.25, -0.2) is 4.79 Å². The summed E-state index contributed by atoms with van der Waals surface area (Å²) in [5.74, 6) is 0.349. The van der Waals surface area contributed by atoms with Gasteiger partial charge in [-0.15, -0.1) is 0 Å². The summed E-state index contributed by atoms with van der Waals surface area (Å²) < 4.78 is 5.27. The Morgan fingerprint density at radius 2 is 2.31 bits per heavy atom. The number of ether oxygens (including phenoxy) is 1.